The van der Waals surface area contributed by atoms with Crippen LogP contribution in [0.1, 0.15) is 34.9 Å². The second kappa shape index (κ2) is 11.3. The number of ether oxygens (including phenoxy) is 1. The Morgan fingerprint density at radius 1 is 1.34 bits per heavy atom. The standard InChI is InChI=1S/C22H33N5OS/c1-4-20-14-25-21(29-20)8-9-24-22(23-3)26-13-18-6-5-7-19(12-18)16-27-10-11-28-17(2)15-27/h5-7,12,14,17H,4,8-11,13,15-16H2,1-3H3,(H2,23,24,26). The maximum absolute atomic E-state index is 5.64. The predicted molar refractivity (Wildman–Crippen MR) is 121 cm³/mol. The number of thiazole rings is 1. The van der Waals surface area contributed by atoms with Crippen molar-refractivity contribution >= 4 is 17.3 Å². The van der Waals surface area contributed by atoms with Crippen molar-refractivity contribution in [3.05, 3.63) is 51.5 Å². The molecule has 1 aromatic carbocycles. The summed E-state index contributed by atoms with van der Waals surface area (Å²) in [6.07, 6.45) is 4.27. The van der Waals surface area contributed by atoms with Gasteiger partial charge in [-0.25, -0.2) is 4.98 Å². The first-order valence-electron chi connectivity index (χ1n) is 10.5. The van der Waals surface area contributed by atoms with Gasteiger partial charge in [0.2, 0.25) is 0 Å². The number of rotatable bonds is 8. The minimum absolute atomic E-state index is 0.320. The highest BCUT2D eigenvalue weighted by Gasteiger charge is 2.16. The SMILES string of the molecule is CCc1cnc(CCNC(=NC)NCc2cccc(CN3CCOC(C)C3)c2)s1. The molecular formula is C22H33N5OS. The van der Waals surface area contributed by atoms with E-state index in [9.17, 15) is 0 Å². The smallest absolute Gasteiger partial charge is 0.191 e. The first-order chi connectivity index (χ1) is 14.2. The van der Waals surface area contributed by atoms with E-state index in [1.807, 2.05) is 13.2 Å². The number of nitrogens with zero attached hydrogens (tertiary/aromatic N) is 3. The molecule has 1 atom stereocenters. The van der Waals surface area contributed by atoms with E-state index < -0.39 is 0 Å². The number of aryl methyl sites for hydroxylation is 1. The molecule has 0 spiro atoms. The molecule has 1 aromatic heterocycles. The molecule has 1 unspecified atom stereocenters. The van der Waals surface area contributed by atoms with E-state index >= 15 is 0 Å². The molecule has 0 bridgehead atoms. The molecule has 6 nitrogen and oxygen atoms in total. The van der Waals surface area contributed by atoms with Crippen LogP contribution in [-0.4, -0.2) is 55.2 Å². The highest BCUT2D eigenvalue weighted by atomic mass is 32.1. The van der Waals surface area contributed by atoms with Gasteiger partial charge in [-0.3, -0.25) is 9.89 Å². The minimum Gasteiger partial charge on any atom is -0.376 e. The summed E-state index contributed by atoms with van der Waals surface area (Å²) in [4.78, 5) is 12.6. The van der Waals surface area contributed by atoms with E-state index in [2.05, 4.69) is 63.6 Å². The maximum Gasteiger partial charge on any atom is 0.191 e. The third-order valence-electron chi connectivity index (χ3n) is 4.99. The van der Waals surface area contributed by atoms with E-state index in [0.717, 1.165) is 58.1 Å². The van der Waals surface area contributed by atoms with E-state index in [-0.39, 0.29) is 0 Å². The van der Waals surface area contributed by atoms with E-state index in [0.29, 0.717) is 6.10 Å². The van der Waals surface area contributed by atoms with Crippen LogP contribution in [0.4, 0.5) is 0 Å². The van der Waals surface area contributed by atoms with Crippen LogP contribution >= 0.6 is 11.3 Å². The van der Waals surface area contributed by atoms with Gasteiger partial charge < -0.3 is 15.4 Å². The molecule has 1 aliphatic rings. The molecule has 0 amide bonds. The number of morpholine rings is 1. The molecule has 7 heteroatoms. The van der Waals surface area contributed by atoms with Crippen molar-refractivity contribution in [3.63, 3.8) is 0 Å². The van der Waals surface area contributed by atoms with E-state index in [4.69, 9.17) is 4.74 Å². The van der Waals surface area contributed by atoms with Gasteiger partial charge in [0.1, 0.15) is 0 Å². The first-order valence-corrected chi connectivity index (χ1v) is 11.3. The van der Waals surface area contributed by atoms with Crippen molar-refractivity contribution in [3.8, 4) is 0 Å². The Morgan fingerprint density at radius 2 is 2.21 bits per heavy atom. The third-order valence-corrected chi connectivity index (χ3v) is 6.19. The van der Waals surface area contributed by atoms with Gasteiger partial charge in [-0.2, -0.15) is 0 Å². The first kappa shape index (κ1) is 21.7. The highest BCUT2D eigenvalue weighted by Crippen LogP contribution is 2.14. The molecule has 158 valence electrons. The van der Waals surface area contributed by atoms with Crippen molar-refractivity contribution in [2.45, 2.75) is 45.9 Å². The van der Waals surface area contributed by atoms with Crippen molar-refractivity contribution in [1.82, 2.24) is 20.5 Å². The molecule has 0 aliphatic carbocycles. The van der Waals surface area contributed by atoms with E-state index in [1.54, 1.807) is 11.3 Å². The van der Waals surface area contributed by atoms with Crippen molar-refractivity contribution < 1.29 is 4.74 Å². The lowest BCUT2D eigenvalue weighted by Crippen LogP contribution is -2.40. The van der Waals surface area contributed by atoms with Gasteiger partial charge in [0.05, 0.1) is 17.7 Å². The quantitative estimate of drug-likeness (QED) is 0.513. The van der Waals surface area contributed by atoms with Crippen LogP contribution in [0.2, 0.25) is 0 Å². The van der Waals surface area contributed by atoms with Gasteiger partial charge >= 0.3 is 0 Å². The molecule has 2 heterocycles. The molecule has 1 saturated heterocycles. The van der Waals surface area contributed by atoms with Gasteiger partial charge in [0, 0.05) is 57.3 Å². The molecule has 29 heavy (non-hydrogen) atoms. The number of aliphatic imine (C=N–C) groups is 1. The summed E-state index contributed by atoms with van der Waals surface area (Å²) in [7, 11) is 1.81. The van der Waals surface area contributed by atoms with Gasteiger partial charge in [-0.1, -0.05) is 31.2 Å². The van der Waals surface area contributed by atoms with Crippen molar-refractivity contribution in [2.24, 2.45) is 4.99 Å². The molecule has 1 aliphatic heterocycles. The molecule has 0 radical (unpaired) electrons. The summed E-state index contributed by atoms with van der Waals surface area (Å²) in [5, 5.41) is 7.97. The Bertz CT molecular complexity index is 791. The average molecular weight is 416 g/mol. The van der Waals surface area contributed by atoms with Crippen LogP contribution in [0.5, 0.6) is 0 Å². The minimum atomic E-state index is 0.320. The topological polar surface area (TPSA) is 61.8 Å². The van der Waals surface area contributed by atoms with Gasteiger partial charge in [0.25, 0.3) is 0 Å². The molecule has 2 aromatic rings. The number of aromatic nitrogens is 1. The summed E-state index contributed by atoms with van der Waals surface area (Å²) in [5.41, 5.74) is 2.61. The van der Waals surface area contributed by atoms with Gasteiger partial charge in [0.15, 0.2) is 5.96 Å². The number of benzene rings is 1. The predicted octanol–water partition coefficient (Wildman–Crippen LogP) is 2.83. The fourth-order valence-corrected chi connectivity index (χ4v) is 4.31. The average Bonchev–Trinajstić information content (AvgIpc) is 3.19. The monoisotopic (exact) mass is 415 g/mol. The number of guanidine groups is 1. The Hall–Kier alpha value is -1.96. The Morgan fingerprint density at radius 3 is 2.97 bits per heavy atom. The number of nitrogens with one attached hydrogen (secondary N) is 2. The van der Waals surface area contributed by atoms with Gasteiger partial charge in [-0.05, 0) is 24.5 Å². The van der Waals surface area contributed by atoms with Crippen molar-refractivity contribution in [2.75, 3.05) is 33.3 Å². The highest BCUT2D eigenvalue weighted by molar-refractivity contribution is 7.11. The zero-order valence-corrected chi connectivity index (χ0v) is 18.6. The third kappa shape index (κ3) is 7.10. The fraction of sp³-hybridized carbons (Fsp3) is 0.545. The second-order valence-corrected chi connectivity index (χ2v) is 8.61. The number of hydrogen-bond acceptors (Lipinski definition) is 5. The van der Waals surface area contributed by atoms with Crippen LogP contribution < -0.4 is 10.6 Å². The van der Waals surface area contributed by atoms with Crippen LogP contribution in [0.15, 0.2) is 35.5 Å². The largest absolute Gasteiger partial charge is 0.376 e. The molecule has 2 N–H and O–H groups in total. The van der Waals surface area contributed by atoms with Crippen LogP contribution in [0.25, 0.3) is 0 Å². The van der Waals surface area contributed by atoms with E-state index in [1.165, 1.54) is 21.0 Å². The lowest BCUT2D eigenvalue weighted by Gasteiger charge is -2.31. The lowest BCUT2D eigenvalue weighted by molar-refractivity contribution is -0.0212. The molecular weight excluding hydrogens is 382 g/mol. The Balaban J connectivity index is 1.44. The van der Waals surface area contributed by atoms with Crippen molar-refractivity contribution in [1.29, 1.82) is 0 Å². The molecule has 0 saturated carbocycles. The summed E-state index contributed by atoms with van der Waals surface area (Å²) < 4.78 is 5.64. The van der Waals surface area contributed by atoms with Crippen LogP contribution in [0, 0.1) is 0 Å². The molecule has 3 rings (SSSR count). The zero-order valence-electron chi connectivity index (χ0n) is 17.8. The Kier molecular flexibility index (Phi) is 8.46. The maximum atomic E-state index is 5.64. The fourth-order valence-electron chi connectivity index (χ4n) is 3.45. The zero-order chi connectivity index (χ0) is 20.5. The summed E-state index contributed by atoms with van der Waals surface area (Å²) in [6, 6.07) is 8.78. The van der Waals surface area contributed by atoms with Crippen LogP contribution in [0.3, 0.4) is 0 Å². The molecule has 1 fully saturated rings. The second-order valence-electron chi connectivity index (χ2n) is 7.41. The van der Waals surface area contributed by atoms with Gasteiger partial charge in [-0.15, -0.1) is 11.3 Å². The summed E-state index contributed by atoms with van der Waals surface area (Å²) in [6.45, 7) is 9.68. The number of hydrogen-bond donors (Lipinski definition) is 2. The normalized spacial score (nSPS) is 18.0. The lowest BCUT2D eigenvalue weighted by atomic mass is 10.1. The summed E-state index contributed by atoms with van der Waals surface area (Å²) >= 11 is 1.80. The summed E-state index contributed by atoms with van der Waals surface area (Å²) in [5.74, 6) is 0.824. The Labute approximate surface area is 178 Å². The van der Waals surface area contributed by atoms with Crippen LogP contribution in [-0.2, 0) is 30.7 Å².